The summed E-state index contributed by atoms with van der Waals surface area (Å²) >= 11 is 6.17. The Kier molecular flexibility index (Phi) is 4.82. The summed E-state index contributed by atoms with van der Waals surface area (Å²) in [5.41, 5.74) is 3.06. The van der Waals surface area contributed by atoms with Crippen molar-refractivity contribution in [1.29, 1.82) is 0 Å². The lowest BCUT2D eigenvalue weighted by Crippen LogP contribution is -2.28. The maximum Gasteiger partial charge on any atom is 0.254 e. The quantitative estimate of drug-likeness (QED) is 0.479. The van der Waals surface area contributed by atoms with Gasteiger partial charge in [0, 0.05) is 23.0 Å². The van der Waals surface area contributed by atoms with E-state index in [2.05, 4.69) is 15.3 Å². The molecule has 0 saturated heterocycles. The van der Waals surface area contributed by atoms with Gasteiger partial charge in [0.15, 0.2) is 0 Å². The predicted octanol–water partition coefficient (Wildman–Crippen LogP) is 3.70. The lowest BCUT2D eigenvalue weighted by Gasteiger charge is -2.10. The number of aromatic amines is 1. The minimum absolute atomic E-state index is 0.119. The highest BCUT2D eigenvalue weighted by Crippen LogP contribution is 2.26. The van der Waals surface area contributed by atoms with Crippen molar-refractivity contribution in [2.24, 2.45) is 0 Å². The van der Waals surface area contributed by atoms with Gasteiger partial charge in [-0.2, -0.15) is 0 Å². The number of imidazole rings is 1. The molecule has 0 spiro atoms. The molecule has 29 heavy (non-hydrogen) atoms. The average molecular weight is 409 g/mol. The van der Waals surface area contributed by atoms with Crippen molar-refractivity contribution in [3.63, 3.8) is 0 Å². The standard InChI is InChI=1S/C21H17ClN4O3/c1-12-9-15(27)10-19(29)26(12)11-18(28)23-14-7-5-13(6-8-14)21-24-17-4-2-3-16(22)20(17)25-21/h2-10,27H,11H2,1H3,(H,23,28)(H,24,25). The summed E-state index contributed by atoms with van der Waals surface area (Å²) in [6.07, 6.45) is 0. The molecule has 0 unspecified atom stereocenters. The van der Waals surface area contributed by atoms with Gasteiger partial charge in [-0.25, -0.2) is 4.98 Å². The molecule has 0 fully saturated rings. The number of H-pyrrole nitrogens is 1. The largest absolute Gasteiger partial charge is 0.508 e. The number of para-hydroxylation sites is 1. The van der Waals surface area contributed by atoms with Gasteiger partial charge in [-0.3, -0.25) is 9.59 Å². The third-order valence-corrected chi connectivity index (χ3v) is 4.83. The molecule has 0 aliphatic rings. The molecule has 1 amide bonds. The molecule has 2 aromatic carbocycles. The summed E-state index contributed by atoms with van der Waals surface area (Å²) in [5.74, 6) is 0.216. The molecule has 0 aliphatic heterocycles. The van der Waals surface area contributed by atoms with Crippen LogP contribution in [-0.4, -0.2) is 25.5 Å². The van der Waals surface area contributed by atoms with E-state index in [0.717, 1.165) is 17.1 Å². The van der Waals surface area contributed by atoms with E-state index in [0.29, 0.717) is 27.7 Å². The second-order valence-corrected chi connectivity index (χ2v) is 7.03. The van der Waals surface area contributed by atoms with Crippen LogP contribution in [0.4, 0.5) is 5.69 Å². The van der Waals surface area contributed by atoms with Gasteiger partial charge < -0.3 is 20.0 Å². The number of nitrogens with zero attached hydrogens (tertiary/aromatic N) is 2. The molecule has 0 saturated carbocycles. The highest BCUT2D eigenvalue weighted by atomic mass is 35.5. The smallest absolute Gasteiger partial charge is 0.254 e. The molecule has 4 aromatic rings. The topological polar surface area (TPSA) is 100 Å². The van der Waals surface area contributed by atoms with Gasteiger partial charge in [-0.05, 0) is 49.4 Å². The van der Waals surface area contributed by atoms with E-state index in [1.807, 2.05) is 24.3 Å². The van der Waals surface area contributed by atoms with Crippen molar-refractivity contribution < 1.29 is 9.90 Å². The van der Waals surface area contributed by atoms with Crippen molar-refractivity contribution in [2.45, 2.75) is 13.5 Å². The van der Waals surface area contributed by atoms with Crippen LogP contribution in [0.2, 0.25) is 5.02 Å². The first kappa shape index (κ1) is 18.8. The fourth-order valence-corrected chi connectivity index (χ4v) is 3.32. The molecule has 0 radical (unpaired) electrons. The zero-order valence-electron chi connectivity index (χ0n) is 15.4. The SMILES string of the molecule is Cc1cc(O)cc(=O)n1CC(=O)Nc1ccc(-c2nc3c(Cl)cccc3[nH]2)cc1. The van der Waals surface area contributed by atoms with Gasteiger partial charge in [0.25, 0.3) is 5.56 Å². The van der Waals surface area contributed by atoms with Gasteiger partial charge >= 0.3 is 0 Å². The number of carbonyl (C=O) groups is 1. The monoisotopic (exact) mass is 408 g/mol. The van der Waals surface area contributed by atoms with Crippen LogP contribution in [0.25, 0.3) is 22.4 Å². The van der Waals surface area contributed by atoms with E-state index >= 15 is 0 Å². The first-order chi connectivity index (χ1) is 13.9. The minimum Gasteiger partial charge on any atom is -0.508 e. The van der Waals surface area contributed by atoms with Crippen molar-refractivity contribution in [1.82, 2.24) is 14.5 Å². The van der Waals surface area contributed by atoms with E-state index < -0.39 is 5.56 Å². The Labute approximate surface area is 170 Å². The highest BCUT2D eigenvalue weighted by molar-refractivity contribution is 6.35. The fourth-order valence-electron chi connectivity index (χ4n) is 3.10. The lowest BCUT2D eigenvalue weighted by molar-refractivity contribution is -0.116. The van der Waals surface area contributed by atoms with Crippen LogP contribution in [0.15, 0.2) is 59.4 Å². The number of rotatable bonds is 4. The van der Waals surface area contributed by atoms with Gasteiger partial charge in [-0.15, -0.1) is 0 Å². The number of aromatic hydroxyl groups is 1. The molecule has 0 bridgehead atoms. The Balaban J connectivity index is 1.50. The molecular formula is C21H17ClN4O3. The molecule has 0 aliphatic carbocycles. The van der Waals surface area contributed by atoms with Crippen LogP contribution < -0.4 is 10.9 Å². The Bertz CT molecular complexity index is 1280. The van der Waals surface area contributed by atoms with Crippen LogP contribution in [0.5, 0.6) is 5.75 Å². The summed E-state index contributed by atoms with van der Waals surface area (Å²) in [5, 5.41) is 12.8. The molecule has 0 atom stereocenters. The predicted molar refractivity (Wildman–Crippen MR) is 112 cm³/mol. The number of aromatic nitrogens is 3. The van der Waals surface area contributed by atoms with Gasteiger partial charge in [-0.1, -0.05) is 17.7 Å². The maximum atomic E-state index is 12.3. The minimum atomic E-state index is -0.434. The molecular weight excluding hydrogens is 392 g/mol. The number of aryl methyl sites for hydroxylation is 1. The second-order valence-electron chi connectivity index (χ2n) is 6.63. The first-order valence-corrected chi connectivity index (χ1v) is 9.23. The zero-order chi connectivity index (χ0) is 20.5. The third kappa shape index (κ3) is 3.86. The van der Waals surface area contributed by atoms with Gasteiger partial charge in [0.1, 0.15) is 23.6 Å². The summed E-state index contributed by atoms with van der Waals surface area (Å²) < 4.78 is 1.29. The van der Waals surface area contributed by atoms with E-state index in [9.17, 15) is 14.7 Å². The molecule has 4 rings (SSSR count). The number of benzene rings is 2. The number of hydrogen-bond donors (Lipinski definition) is 3. The van der Waals surface area contributed by atoms with Crippen LogP contribution in [0, 0.1) is 6.92 Å². The number of anilines is 1. The van der Waals surface area contributed by atoms with Gasteiger partial charge in [0.2, 0.25) is 5.91 Å². The number of nitrogens with one attached hydrogen (secondary N) is 2. The number of hydrogen-bond acceptors (Lipinski definition) is 4. The zero-order valence-corrected chi connectivity index (χ0v) is 16.2. The average Bonchev–Trinajstić information content (AvgIpc) is 3.11. The van der Waals surface area contributed by atoms with Crippen LogP contribution in [0.1, 0.15) is 5.69 Å². The highest BCUT2D eigenvalue weighted by Gasteiger charge is 2.10. The molecule has 2 heterocycles. The number of fused-ring (bicyclic) bond motifs is 1. The van der Waals surface area contributed by atoms with E-state index in [-0.39, 0.29) is 18.2 Å². The Hall–Kier alpha value is -3.58. The van der Waals surface area contributed by atoms with Crippen LogP contribution >= 0.6 is 11.6 Å². The molecule has 3 N–H and O–H groups in total. The maximum absolute atomic E-state index is 12.3. The molecule has 146 valence electrons. The van der Waals surface area contributed by atoms with Crippen LogP contribution in [-0.2, 0) is 11.3 Å². The summed E-state index contributed by atoms with van der Waals surface area (Å²) in [4.78, 5) is 32.0. The van der Waals surface area contributed by atoms with Crippen molar-refractivity contribution in [3.8, 4) is 17.1 Å². The number of pyridine rings is 1. The Morgan fingerprint density at radius 3 is 2.66 bits per heavy atom. The first-order valence-electron chi connectivity index (χ1n) is 8.86. The lowest BCUT2D eigenvalue weighted by atomic mass is 10.2. The van der Waals surface area contributed by atoms with Crippen molar-refractivity contribution in [2.75, 3.05) is 5.32 Å². The van der Waals surface area contributed by atoms with E-state index in [1.54, 1.807) is 25.1 Å². The van der Waals surface area contributed by atoms with Crippen LogP contribution in [0.3, 0.4) is 0 Å². The normalized spacial score (nSPS) is 11.0. The molecule has 8 heteroatoms. The number of amides is 1. The summed E-state index contributed by atoms with van der Waals surface area (Å²) in [6, 6.07) is 15.2. The number of carbonyl (C=O) groups excluding carboxylic acids is 1. The van der Waals surface area contributed by atoms with Crippen molar-refractivity contribution >= 4 is 34.2 Å². The molecule has 7 nitrogen and oxygen atoms in total. The summed E-state index contributed by atoms with van der Waals surface area (Å²) in [7, 11) is 0. The Morgan fingerprint density at radius 1 is 1.21 bits per heavy atom. The molecule has 2 aromatic heterocycles. The van der Waals surface area contributed by atoms with Gasteiger partial charge in [0.05, 0.1) is 10.5 Å². The third-order valence-electron chi connectivity index (χ3n) is 4.53. The second kappa shape index (κ2) is 7.44. The van der Waals surface area contributed by atoms with E-state index in [4.69, 9.17) is 11.6 Å². The Morgan fingerprint density at radius 2 is 1.97 bits per heavy atom. The van der Waals surface area contributed by atoms with E-state index in [1.165, 1.54) is 10.6 Å². The fraction of sp³-hybridized carbons (Fsp3) is 0.0952. The van der Waals surface area contributed by atoms with Crippen molar-refractivity contribution in [3.05, 3.63) is 75.7 Å². The summed E-state index contributed by atoms with van der Waals surface area (Å²) in [6.45, 7) is 1.51. The number of halogens is 1.